The molecule has 3 rings (SSSR count). The number of carbonyl (C=O) groups is 1. The minimum atomic E-state index is -1.01. The van der Waals surface area contributed by atoms with Gasteiger partial charge in [0.05, 0.1) is 24.9 Å². The number of carbonyl (C=O) groups excluding carboxylic acids is 1. The molecule has 126 valence electrons. The number of hydrogen-bond acceptors (Lipinski definition) is 4. The highest BCUT2D eigenvalue weighted by molar-refractivity contribution is 5.96. The first kappa shape index (κ1) is 16.4. The van der Waals surface area contributed by atoms with Crippen LogP contribution in [0.4, 0.5) is 5.69 Å². The summed E-state index contributed by atoms with van der Waals surface area (Å²) in [5, 5.41) is 9.84. The summed E-state index contributed by atoms with van der Waals surface area (Å²) in [5.41, 5.74) is 1.88. The maximum Gasteiger partial charge on any atom is 0.253 e. The highest BCUT2D eigenvalue weighted by Gasteiger charge is 2.28. The number of anilines is 1. The van der Waals surface area contributed by atoms with E-state index < -0.39 is 5.60 Å². The highest BCUT2D eigenvalue weighted by Crippen LogP contribution is 2.30. The molecule has 1 amide bonds. The Morgan fingerprint density at radius 2 is 2.12 bits per heavy atom. The molecule has 0 spiro atoms. The summed E-state index contributed by atoms with van der Waals surface area (Å²) in [6.07, 6.45) is 3.88. The Balaban J connectivity index is 1.80. The molecule has 0 unspecified atom stereocenters. The monoisotopic (exact) mass is 327 g/mol. The normalized spacial score (nSPS) is 13.9. The fourth-order valence-electron chi connectivity index (χ4n) is 2.97. The lowest BCUT2D eigenvalue weighted by atomic mass is 10.0. The number of aromatic nitrogens is 2. The van der Waals surface area contributed by atoms with Gasteiger partial charge in [-0.05, 0) is 37.5 Å². The number of nitrogens with zero attached hydrogens (tertiary/aromatic N) is 3. The van der Waals surface area contributed by atoms with Gasteiger partial charge in [-0.3, -0.25) is 14.2 Å². The lowest BCUT2D eigenvalue weighted by Gasteiger charge is -2.22. The molecule has 0 aliphatic carbocycles. The van der Waals surface area contributed by atoms with Crippen LogP contribution in [0.1, 0.15) is 31.4 Å². The first-order valence-electron chi connectivity index (χ1n) is 7.98. The van der Waals surface area contributed by atoms with Crippen LogP contribution < -0.4 is 10.5 Å². The van der Waals surface area contributed by atoms with Gasteiger partial charge in [0.2, 0.25) is 5.91 Å². The summed E-state index contributed by atoms with van der Waals surface area (Å²) in [4.78, 5) is 29.8. The minimum Gasteiger partial charge on any atom is -0.390 e. The maximum absolute atomic E-state index is 12.4. The molecule has 0 atom stereocenters. The Kier molecular flexibility index (Phi) is 4.24. The van der Waals surface area contributed by atoms with E-state index in [1.54, 1.807) is 23.3 Å². The van der Waals surface area contributed by atoms with Crippen LogP contribution in [-0.4, -0.2) is 32.7 Å². The SMILES string of the molecule is CC(C)(O)CC(=O)N1CCc2cc(Cn3cnccc3=O)ccc21. The van der Waals surface area contributed by atoms with E-state index in [2.05, 4.69) is 4.98 Å². The van der Waals surface area contributed by atoms with Crippen molar-refractivity contribution in [1.82, 2.24) is 9.55 Å². The molecular formula is C18H21N3O3. The second kappa shape index (κ2) is 6.20. The number of hydrogen-bond donors (Lipinski definition) is 1. The van der Waals surface area contributed by atoms with Crippen molar-refractivity contribution in [3.63, 3.8) is 0 Å². The van der Waals surface area contributed by atoms with E-state index in [0.717, 1.165) is 23.2 Å². The van der Waals surface area contributed by atoms with Crippen molar-refractivity contribution in [3.05, 3.63) is 58.3 Å². The Labute approximate surface area is 140 Å². The van der Waals surface area contributed by atoms with Crippen LogP contribution >= 0.6 is 0 Å². The number of aliphatic hydroxyl groups is 1. The van der Waals surface area contributed by atoms with E-state index in [9.17, 15) is 14.7 Å². The number of rotatable bonds is 4. The molecular weight excluding hydrogens is 306 g/mol. The molecule has 0 saturated heterocycles. The molecule has 0 bridgehead atoms. The molecule has 2 aromatic rings. The summed E-state index contributed by atoms with van der Waals surface area (Å²) in [5.74, 6) is -0.0718. The van der Waals surface area contributed by atoms with Gasteiger partial charge in [0.15, 0.2) is 0 Å². The van der Waals surface area contributed by atoms with Crippen LogP contribution in [0, 0.1) is 0 Å². The zero-order chi connectivity index (χ0) is 17.3. The van der Waals surface area contributed by atoms with Crippen LogP contribution in [0.3, 0.4) is 0 Å². The lowest BCUT2D eigenvalue weighted by molar-refractivity contribution is -0.122. The molecule has 24 heavy (non-hydrogen) atoms. The molecule has 1 aliphatic heterocycles. The molecule has 6 heteroatoms. The number of amides is 1. The first-order valence-corrected chi connectivity index (χ1v) is 7.98. The van der Waals surface area contributed by atoms with Gasteiger partial charge in [0, 0.05) is 24.5 Å². The average molecular weight is 327 g/mol. The van der Waals surface area contributed by atoms with Gasteiger partial charge in [-0.25, -0.2) is 4.98 Å². The zero-order valence-corrected chi connectivity index (χ0v) is 13.9. The number of benzene rings is 1. The van der Waals surface area contributed by atoms with Gasteiger partial charge in [-0.2, -0.15) is 0 Å². The number of fused-ring (bicyclic) bond motifs is 1. The van der Waals surface area contributed by atoms with Gasteiger partial charge in [-0.1, -0.05) is 12.1 Å². The maximum atomic E-state index is 12.4. The van der Waals surface area contributed by atoms with E-state index in [1.165, 1.54) is 18.6 Å². The highest BCUT2D eigenvalue weighted by atomic mass is 16.3. The largest absolute Gasteiger partial charge is 0.390 e. The predicted molar refractivity (Wildman–Crippen MR) is 91.0 cm³/mol. The van der Waals surface area contributed by atoms with Crippen LogP contribution in [0.5, 0.6) is 0 Å². The van der Waals surface area contributed by atoms with E-state index in [4.69, 9.17) is 0 Å². The fraction of sp³-hybridized carbons (Fsp3) is 0.389. The average Bonchev–Trinajstić information content (AvgIpc) is 2.91. The molecule has 1 N–H and O–H groups in total. The van der Waals surface area contributed by atoms with Crippen molar-refractivity contribution in [3.8, 4) is 0 Å². The van der Waals surface area contributed by atoms with E-state index in [-0.39, 0.29) is 17.9 Å². The van der Waals surface area contributed by atoms with Gasteiger partial charge < -0.3 is 10.0 Å². The Morgan fingerprint density at radius 1 is 1.33 bits per heavy atom. The van der Waals surface area contributed by atoms with Crippen molar-refractivity contribution in [2.45, 2.75) is 38.8 Å². The second-order valence-corrected chi connectivity index (χ2v) is 6.79. The minimum absolute atomic E-state index is 0.0718. The molecule has 0 radical (unpaired) electrons. The third kappa shape index (κ3) is 3.54. The van der Waals surface area contributed by atoms with E-state index in [0.29, 0.717) is 13.1 Å². The van der Waals surface area contributed by atoms with E-state index in [1.807, 2.05) is 18.2 Å². The second-order valence-electron chi connectivity index (χ2n) is 6.79. The molecule has 1 aromatic heterocycles. The third-order valence-electron chi connectivity index (χ3n) is 4.07. The summed E-state index contributed by atoms with van der Waals surface area (Å²) in [6, 6.07) is 7.31. The van der Waals surface area contributed by atoms with Crippen LogP contribution in [0.2, 0.25) is 0 Å². The van der Waals surface area contributed by atoms with Crippen LogP contribution in [0.15, 0.2) is 41.6 Å². The molecule has 0 fully saturated rings. The van der Waals surface area contributed by atoms with Crippen molar-refractivity contribution >= 4 is 11.6 Å². The third-order valence-corrected chi connectivity index (χ3v) is 4.07. The Morgan fingerprint density at radius 3 is 2.83 bits per heavy atom. The summed E-state index contributed by atoms with van der Waals surface area (Å²) in [6.45, 7) is 4.35. The van der Waals surface area contributed by atoms with Crippen LogP contribution in [0.25, 0.3) is 0 Å². The van der Waals surface area contributed by atoms with Crippen molar-refractivity contribution in [1.29, 1.82) is 0 Å². The lowest BCUT2D eigenvalue weighted by Crippen LogP contribution is -2.35. The quantitative estimate of drug-likeness (QED) is 0.919. The summed E-state index contributed by atoms with van der Waals surface area (Å²) in [7, 11) is 0. The molecule has 1 aliphatic rings. The van der Waals surface area contributed by atoms with Crippen molar-refractivity contribution < 1.29 is 9.90 Å². The standard InChI is InChI=1S/C18H21N3O3/c1-18(2,24)10-17(23)21-8-6-14-9-13(3-4-15(14)21)11-20-12-19-7-5-16(20)22/h3-5,7,9,12,24H,6,8,10-11H2,1-2H3. The van der Waals surface area contributed by atoms with Gasteiger partial charge >= 0.3 is 0 Å². The van der Waals surface area contributed by atoms with Gasteiger partial charge in [0.1, 0.15) is 0 Å². The van der Waals surface area contributed by atoms with Gasteiger partial charge in [-0.15, -0.1) is 0 Å². The molecule has 1 aromatic carbocycles. The predicted octanol–water partition coefficient (Wildman–Crippen LogP) is 1.34. The molecule has 2 heterocycles. The molecule has 0 saturated carbocycles. The fourth-order valence-corrected chi connectivity index (χ4v) is 2.97. The topological polar surface area (TPSA) is 75.4 Å². The first-order chi connectivity index (χ1) is 11.3. The van der Waals surface area contributed by atoms with Crippen LogP contribution in [-0.2, 0) is 17.8 Å². The molecule has 6 nitrogen and oxygen atoms in total. The smallest absolute Gasteiger partial charge is 0.253 e. The summed E-state index contributed by atoms with van der Waals surface area (Å²) >= 11 is 0. The summed E-state index contributed by atoms with van der Waals surface area (Å²) < 4.78 is 1.55. The Bertz CT molecular complexity index is 821. The zero-order valence-electron chi connectivity index (χ0n) is 13.9. The van der Waals surface area contributed by atoms with Crippen molar-refractivity contribution in [2.24, 2.45) is 0 Å². The van der Waals surface area contributed by atoms with Gasteiger partial charge in [0.25, 0.3) is 5.56 Å². The van der Waals surface area contributed by atoms with E-state index >= 15 is 0 Å². The van der Waals surface area contributed by atoms with Crippen molar-refractivity contribution in [2.75, 3.05) is 11.4 Å². The Hall–Kier alpha value is -2.47.